The maximum absolute atomic E-state index is 12.5. The summed E-state index contributed by atoms with van der Waals surface area (Å²) < 4.78 is 1.56. The summed E-state index contributed by atoms with van der Waals surface area (Å²) in [6.45, 7) is 2.45. The Kier molecular flexibility index (Phi) is 3.71. The Morgan fingerprint density at radius 2 is 2.30 bits per heavy atom. The number of nitrogens with two attached hydrogens (primary N) is 1. The van der Waals surface area contributed by atoms with Gasteiger partial charge < -0.3 is 10.6 Å². The summed E-state index contributed by atoms with van der Waals surface area (Å²) in [5, 5.41) is 13.0. The first-order valence-electron chi connectivity index (χ1n) is 6.18. The molecular weight excluding hydrogens is 254 g/mol. The number of carbonyl (C=O) groups excluding carboxylic acids is 1. The predicted octanol–water partition coefficient (Wildman–Crippen LogP) is 1.63. The van der Waals surface area contributed by atoms with Gasteiger partial charge in [-0.3, -0.25) is 9.48 Å². The molecular formula is C14H15N5O. The highest BCUT2D eigenvalue weighted by Crippen LogP contribution is 2.19. The van der Waals surface area contributed by atoms with E-state index in [0.717, 1.165) is 0 Å². The van der Waals surface area contributed by atoms with Gasteiger partial charge in [-0.25, -0.2) is 0 Å². The summed E-state index contributed by atoms with van der Waals surface area (Å²) in [5.74, 6) is -0.253. The Hall–Kier alpha value is -2.81. The number of nitriles is 1. The van der Waals surface area contributed by atoms with Crippen LogP contribution in [0.3, 0.4) is 0 Å². The van der Waals surface area contributed by atoms with Crippen molar-refractivity contribution in [2.75, 3.05) is 17.7 Å². The smallest absolute Gasteiger partial charge is 0.278 e. The molecule has 0 aliphatic carbocycles. The molecule has 0 fully saturated rings. The zero-order valence-corrected chi connectivity index (χ0v) is 11.4. The summed E-state index contributed by atoms with van der Waals surface area (Å²) in [6, 6.07) is 8.89. The number of anilines is 2. The molecule has 2 N–H and O–H groups in total. The number of hydrogen-bond donors (Lipinski definition) is 1. The van der Waals surface area contributed by atoms with Crippen molar-refractivity contribution in [3.05, 3.63) is 41.7 Å². The first-order valence-corrected chi connectivity index (χ1v) is 6.18. The standard InChI is InChI=1S/C14H15N5O/c1-3-19-13(12(16)9-17-19)14(20)18(2)11-6-4-5-10(7-11)8-15/h4-7,9H,3,16H2,1-2H3. The second-order valence-corrected chi connectivity index (χ2v) is 4.29. The predicted molar refractivity (Wildman–Crippen MR) is 76.2 cm³/mol. The summed E-state index contributed by atoms with van der Waals surface area (Å²) in [7, 11) is 1.64. The lowest BCUT2D eigenvalue weighted by molar-refractivity contribution is 0.0983. The number of aryl methyl sites for hydroxylation is 1. The van der Waals surface area contributed by atoms with Gasteiger partial charge in [0, 0.05) is 19.3 Å². The number of nitrogen functional groups attached to an aromatic ring is 1. The summed E-state index contributed by atoms with van der Waals surface area (Å²) >= 11 is 0. The number of amides is 1. The molecule has 6 heteroatoms. The minimum atomic E-state index is -0.253. The molecule has 1 aromatic heterocycles. The molecule has 0 spiro atoms. The third kappa shape index (κ3) is 2.34. The number of aromatic nitrogens is 2. The quantitative estimate of drug-likeness (QED) is 0.917. The second kappa shape index (κ2) is 5.45. The van der Waals surface area contributed by atoms with E-state index in [0.29, 0.717) is 29.2 Å². The van der Waals surface area contributed by atoms with Gasteiger partial charge in [0.1, 0.15) is 5.69 Å². The molecule has 1 aromatic carbocycles. The third-order valence-electron chi connectivity index (χ3n) is 3.04. The van der Waals surface area contributed by atoms with Gasteiger partial charge in [0.25, 0.3) is 5.91 Å². The van der Waals surface area contributed by atoms with Crippen LogP contribution in [0.4, 0.5) is 11.4 Å². The Morgan fingerprint density at radius 3 is 2.95 bits per heavy atom. The highest BCUT2D eigenvalue weighted by molar-refractivity contribution is 6.07. The average Bonchev–Trinajstić information content (AvgIpc) is 2.86. The third-order valence-corrected chi connectivity index (χ3v) is 3.04. The fourth-order valence-corrected chi connectivity index (χ4v) is 1.93. The van der Waals surface area contributed by atoms with E-state index in [1.165, 1.54) is 11.1 Å². The van der Waals surface area contributed by atoms with Crippen molar-refractivity contribution < 1.29 is 4.79 Å². The topological polar surface area (TPSA) is 87.9 Å². The number of nitrogens with zero attached hydrogens (tertiary/aromatic N) is 4. The molecule has 6 nitrogen and oxygen atoms in total. The highest BCUT2D eigenvalue weighted by atomic mass is 16.2. The van der Waals surface area contributed by atoms with E-state index < -0.39 is 0 Å². The maximum Gasteiger partial charge on any atom is 0.278 e. The number of hydrogen-bond acceptors (Lipinski definition) is 4. The van der Waals surface area contributed by atoms with Crippen LogP contribution in [0.1, 0.15) is 23.0 Å². The Balaban J connectivity index is 2.37. The molecule has 1 heterocycles. The number of benzene rings is 1. The van der Waals surface area contributed by atoms with Crippen LogP contribution in [-0.4, -0.2) is 22.7 Å². The molecule has 2 rings (SSSR count). The lowest BCUT2D eigenvalue weighted by Gasteiger charge is -2.18. The molecule has 0 bridgehead atoms. The molecule has 20 heavy (non-hydrogen) atoms. The van der Waals surface area contributed by atoms with Crippen LogP contribution >= 0.6 is 0 Å². The van der Waals surface area contributed by atoms with Crippen LogP contribution in [0.2, 0.25) is 0 Å². The molecule has 0 radical (unpaired) electrons. The van der Waals surface area contributed by atoms with E-state index in [9.17, 15) is 4.79 Å². The van der Waals surface area contributed by atoms with Crippen molar-refractivity contribution in [3.63, 3.8) is 0 Å². The Morgan fingerprint density at radius 1 is 1.55 bits per heavy atom. The molecule has 0 saturated carbocycles. The normalized spacial score (nSPS) is 10.1. The van der Waals surface area contributed by atoms with Gasteiger partial charge in [0.05, 0.1) is 23.5 Å². The van der Waals surface area contributed by atoms with Crippen molar-refractivity contribution in [1.29, 1.82) is 5.26 Å². The molecule has 0 aliphatic heterocycles. The van der Waals surface area contributed by atoms with E-state index in [-0.39, 0.29) is 5.91 Å². The molecule has 102 valence electrons. The lowest BCUT2D eigenvalue weighted by atomic mass is 10.2. The van der Waals surface area contributed by atoms with Crippen molar-refractivity contribution in [1.82, 2.24) is 9.78 Å². The van der Waals surface area contributed by atoms with Gasteiger partial charge in [-0.05, 0) is 25.1 Å². The van der Waals surface area contributed by atoms with E-state index in [1.54, 1.807) is 36.0 Å². The fraction of sp³-hybridized carbons (Fsp3) is 0.214. The lowest BCUT2D eigenvalue weighted by Crippen LogP contribution is -2.29. The van der Waals surface area contributed by atoms with E-state index in [1.807, 2.05) is 13.0 Å². The Labute approximate surface area is 117 Å². The maximum atomic E-state index is 12.5. The van der Waals surface area contributed by atoms with Crippen LogP contribution in [0, 0.1) is 11.3 Å². The second-order valence-electron chi connectivity index (χ2n) is 4.29. The SMILES string of the molecule is CCn1ncc(N)c1C(=O)N(C)c1cccc(C#N)c1. The van der Waals surface area contributed by atoms with Crippen LogP contribution in [-0.2, 0) is 6.54 Å². The zero-order valence-electron chi connectivity index (χ0n) is 11.4. The molecule has 0 atom stereocenters. The van der Waals surface area contributed by atoms with E-state index in [4.69, 9.17) is 11.0 Å². The summed E-state index contributed by atoms with van der Waals surface area (Å²) in [5.41, 5.74) is 7.65. The number of rotatable bonds is 3. The summed E-state index contributed by atoms with van der Waals surface area (Å²) in [6.07, 6.45) is 1.47. The molecule has 1 amide bonds. The van der Waals surface area contributed by atoms with Crippen LogP contribution in [0.15, 0.2) is 30.5 Å². The molecule has 0 unspecified atom stereocenters. The molecule has 2 aromatic rings. The minimum absolute atomic E-state index is 0.253. The van der Waals surface area contributed by atoms with Crippen LogP contribution in [0.25, 0.3) is 0 Å². The van der Waals surface area contributed by atoms with Crippen molar-refractivity contribution in [2.24, 2.45) is 0 Å². The van der Waals surface area contributed by atoms with Gasteiger partial charge in [0.15, 0.2) is 0 Å². The van der Waals surface area contributed by atoms with Gasteiger partial charge >= 0.3 is 0 Å². The van der Waals surface area contributed by atoms with Crippen molar-refractivity contribution in [2.45, 2.75) is 13.5 Å². The molecule has 0 saturated heterocycles. The van der Waals surface area contributed by atoms with Crippen molar-refractivity contribution >= 4 is 17.3 Å². The monoisotopic (exact) mass is 269 g/mol. The highest BCUT2D eigenvalue weighted by Gasteiger charge is 2.21. The van der Waals surface area contributed by atoms with Gasteiger partial charge in [-0.15, -0.1) is 0 Å². The molecule has 0 aliphatic rings. The van der Waals surface area contributed by atoms with Gasteiger partial charge in [-0.2, -0.15) is 10.4 Å². The Bertz CT molecular complexity index is 683. The first-order chi connectivity index (χ1) is 9.58. The van der Waals surface area contributed by atoms with E-state index in [2.05, 4.69) is 5.10 Å². The van der Waals surface area contributed by atoms with E-state index >= 15 is 0 Å². The first kappa shape index (κ1) is 13.6. The number of carbonyl (C=O) groups is 1. The zero-order chi connectivity index (χ0) is 14.7. The van der Waals surface area contributed by atoms with Crippen LogP contribution in [0.5, 0.6) is 0 Å². The summed E-state index contributed by atoms with van der Waals surface area (Å²) in [4.78, 5) is 14.0. The van der Waals surface area contributed by atoms with Crippen LogP contribution < -0.4 is 10.6 Å². The largest absolute Gasteiger partial charge is 0.396 e. The van der Waals surface area contributed by atoms with Gasteiger partial charge in [0.2, 0.25) is 0 Å². The average molecular weight is 269 g/mol. The van der Waals surface area contributed by atoms with Gasteiger partial charge in [-0.1, -0.05) is 6.07 Å². The minimum Gasteiger partial charge on any atom is -0.396 e. The van der Waals surface area contributed by atoms with Crippen molar-refractivity contribution in [3.8, 4) is 6.07 Å². The fourth-order valence-electron chi connectivity index (χ4n) is 1.93.